The van der Waals surface area contributed by atoms with Gasteiger partial charge < -0.3 is 5.11 Å². The Morgan fingerprint density at radius 3 is 2.03 bits per heavy atom. The monoisotopic (exact) mass is 400 g/mol. The molecule has 0 radical (unpaired) electrons. The zero-order valence-electron chi connectivity index (χ0n) is 17.3. The molecule has 1 heterocycles. The highest BCUT2D eigenvalue weighted by molar-refractivity contribution is 5.69. The Kier molecular flexibility index (Phi) is 6.26. The molecule has 1 saturated heterocycles. The molecule has 4 heteroatoms. The van der Waals surface area contributed by atoms with Gasteiger partial charge in [0.25, 0.3) is 0 Å². The van der Waals surface area contributed by atoms with Crippen molar-refractivity contribution < 1.29 is 9.90 Å². The molecule has 0 spiro atoms. The van der Waals surface area contributed by atoms with Gasteiger partial charge >= 0.3 is 5.97 Å². The third kappa shape index (κ3) is 4.61. The third-order valence-corrected chi connectivity index (χ3v) is 5.95. The number of carboxylic acid groups (broad SMARTS) is 1. The zero-order valence-corrected chi connectivity index (χ0v) is 17.3. The van der Waals surface area contributed by atoms with Gasteiger partial charge in [-0.25, -0.2) is 0 Å². The number of hydrogen-bond donors (Lipinski definition) is 1. The van der Waals surface area contributed by atoms with E-state index in [9.17, 15) is 9.90 Å². The molecule has 0 aromatic heterocycles. The first-order valence-electron chi connectivity index (χ1n) is 10.5. The standard InChI is InChI=1S/C26H28N2O2/c1-20-18-28(17-16-27(20)19-25(29)30)26(23-10-6-3-7-11-23)24-14-12-22(13-15-24)21-8-4-2-5-9-21/h2-15,20,26H,16-19H2,1H3,(H,29,30). The molecule has 4 rings (SSSR count). The van der Waals surface area contributed by atoms with E-state index in [1.165, 1.54) is 22.3 Å². The van der Waals surface area contributed by atoms with Crippen LogP contribution in [0.1, 0.15) is 24.1 Å². The van der Waals surface area contributed by atoms with Crippen molar-refractivity contribution in [3.63, 3.8) is 0 Å². The average molecular weight is 401 g/mol. The molecule has 4 nitrogen and oxygen atoms in total. The van der Waals surface area contributed by atoms with Crippen LogP contribution in [-0.4, -0.2) is 53.1 Å². The summed E-state index contributed by atoms with van der Waals surface area (Å²) in [6, 6.07) is 30.2. The lowest BCUT2D eigenvalue weighted by molar-refractivity contribution is -0.139. The predicted octanol–water partition coefficient (Wildman–Crippen LogP) is 4.53. The van der Waals surface area contributed by atoms with Crippen molar-refractivity contribution >= 4 is 5.97 Å². The Morgan fingerprint density at radius 2 is 1.43 bits per heavy atom. The predicted molar refractivity (Wildman–Crippen MR) is 120 cm³/mol. The second-order valence-corrected chi connectivity index (χ2v) is 8.01. The second-order valence-electron chi connectivity index (χ2n) is 8.01. The fraction of sp³-hybridized carbons (Fsp3) is 0.269. The van der Waals surface area contributed by atoms with E-state index < -0.39 is 5.97 Å². The summed E-state index contributed by atoms with van der Waals surface area (Å²) < 4.78 is 0. The molecule has 154 valence electrons. The normalized spacial score (nSPS) is 18.8. The Bertz CT molecular complexity index is 957. The number of piperazine rings is 1. The van der Waals surface area contributed by atoms with Crippen LogP contribution in [0.4, 0.5) is 0 Å². The average Bonchev–Trinajstić information content (AvgIpc) is 2.77. The molecular weight excluding hydrogens is 372 g/mol. The molecule has 30 heavy (non-hydrogen) atoms. The van der Waals surface area contributed by atoms with Gasteiger partial charge in [-0.1, -0.05) is 84.9 Å². The topological polar surface area (TPSA) is 43.8 Å². The van der Waals surface area contributed by atoms with E-state index in [0.29, 0.717) is 0 Å². The van der Waals surface area contributed by atoms with Crippen molar-refractivity contribution in [1.82, 2.24) is 9.80 Å². The largest absolute Gasteiger partial charge is 0.480 e. The summed E-state index contributed by atoms with van der Waals surface area (Å²) in [6.07, 6.45) is 0. The van der Waals surface area contributed by atoms with Gasteiger partial charge in [-0.2, -0.15) is 0 Å². The van der Waals surface area contributed by atoms with Crippen LogP contribution in [0, 0.1) is 0 Å². The summed E-state index contributed by atoms with van der Waals surface area (Å²) in [4.78, 5) is 15.7. The number of nitrogens with zero attached hydrogens (tertiary/aromatic N) is 2. The van der Waals surface area contributed by atoms with Gasteiger partial charge in [-0.15, -0.1) is 0 Å². The van der Waals surface area contributed by atoms with Crippen LogP contribution < -0.4 is 0 Å². The first-order valence-corrected chi connectivity index (χ1v) is 10.5. The summed E-state index contributed by atoms with van der Waals surface area (Å²) in [6.45, 7) is 4.68. The molecule has 1 aliphatic rings. The molecule has 1 N–H and O–H groups in total. The zero-order chi connectivity index (χ0) is 20.9. The Morgan fingerprint density at radius 1 is 0.867 bits per heavy atom. The van der Waals surface area contributed by atoms with E-state index in [4.69, 9.17) is 0 Å². The van der Waals surface area contributed by atoms with Crippen molar-refractivity contribution in [1.29, 1.82) is 0 Å². The van der Waals surface area contributed by atoms with Gasteiger partial charge in [-0.05, 0) is 29.2 Å². The first-order chi connectivity index (χ1) is 14.6. The first kappa shape index (κ1) is 20.3. The van der Waals surface area contributed by atoms with Crippen LogP contribution in [0.2, 0.25) is 0 Å². The smallest absolute Gasteiger partial charge is 0.317 e. The van der Waals surface area contributed by atoms with Crippen LogP contribution in [0.25, 0.3) is 11.1 Å². The fourth-order valence-electron chi connectivity index (χ4n) is 4.40. The van der Waals surface area contributed by atoms with Gasteiger partial charge in [0, 0.05) is 25.7 Å². The SMILES string of the molecule is CC1CN(C(c2ccccc2)c2ccc(-c3ccccc3)cc2)CCN1CC(=O)O. The van der Waals surface area contributed by atoms with E-state index in [1.54, 1.807) is 0 Å². The molecular formula is C26H28N2O2. The second kappa shape index (κ2) is 9.24. The van der Waals surface area contributed by atoms with Crippen LogP contribution in [0.15, 0.2) is 84.9 Å². The summed E-state index contributed by atoms with van der Waals surface area (Å²) >= 11 is 0. The van der Waals surface area contributed by atoms with Crippen molar-refractivity contribution in [2.45, 2.75) is 19.0 Å². The lowest BCUT2D eigenvalue weighted by atomic mass is 9.94. The number of rotatable bonds is 6. The molecule has 1 aliphatic heterocycles. The van der Waals surface area contributed by atoms with Gasteiger partial charge in [-0.3, -0.25) is 14.6 Å². The number of aliphatic carboxylic acids is 1. The Hall–Kier alpha value is -2.95. The van der Waals surface area contributed by atoms with Crippen LogP contribution in [0.3, 0.4) is 0 Å². The van der Waals surface area contributed by atoms with E-state index in [1.807, 2.05) is 12.1 Å². The molecule has 0 aliphatic carbocycles. The van der Waals surface area contributed by atoms with Crippen molar-refractivity contribution in [2.75, 3.05) is 26.2 Å². The summed E-state index contributed by atoms with van der Waals surface area (Å²) in [7, 11) is 0. The maximum atomic E-state index is 11.2. The van der Waals surface area contributed by atoms with Crippen molar-refractivity contribution in [2.24, 2.45) is 0 Å². The Balaban J connectivity index is 1.61. The molecule has 0 amide bonds. The van der Waals surface area contributed by atoms with Gasteiger partial charge in [0.05, 0.1) is 12.6 Å². The molecule has 2 atom stereocenters. The highest BCUT2D eigenvalue weighted by Crippen LogP contribution is 2.32. The summed E-state index contributed by atoms with van der Waals surface area (Å²) in [5.41, 5.74) is 4.96. The fourth-order valence-corrected chi connectivity index (χ4v) is 4.40. The molecule has 1 fully saturated rings. The van der Waals surface area contributed by atoms with Crippen LogP contribution >= 0.6 is 0 Å². The van der Waals surface area contributed by atoms with E-state index in [0.717, 1.165) is 19.6 Å². The van der Waals surface area contributed by atoms with Crippen LogP contribution in [-0.2, 0) is 4.79 Å². The quantitative estimate of drug-likeness (QED) is 0.660. The molecule has 3 aromatic rings. The summed E-state index contributed by atoms with van der Waals surface area (Å²) in [5, 5.41) is 9.18. The third-order valence-electron chi connectivity index (χ3n) is 5.95. The van der Waals surface area contributed by atoms with Gasteiger partial charge in [0.1, 0.15) is 0 Å². The lowest BCUT2D eigenvalue weighted by Crippen LogP contribution is -2.54. The van der Waals surface area contributed by atoms with Gasteiger partial charge in [0.15, 0.2) is 0 Å². The van der Waals surface area contributed by atoms with Crippen LogP contribution in [0.5, 0.6) is 0 Å². The lowest BCUT2D eigenvalue weighted by Gasteiger charge is -2.43. The number of hydrogen-bond acceptors (Lipinski definition) is 3. The van der Waals surface area contributed by atoms with E-state index in [-0.39, 0.29) is 18.6 Å². The minimum atomic E-state index is -0.758. The maximum absolute atomic E-state index is 11.2. The molecule has 2 unspecified atom stereocenters. The van der Waals surface area contributed by atoms with E-state index in [2.05, 4.69) is 89.5 Å². The molecule has 0 bridgehead atoms. The molecule has 0 saturated carbocycles. The Labute approximate surface area is 178 Å². The minimum absolute atomic E-state index is 0.108. The maximum Gasteiger partial charge on any atom is 0.317 e. The van der Waals surface area contributed by atoms with Crippen molar-refractivity contribution in [3.8, 4) is 11.1 Å². The highest BCUT2D eigenvalue weighted by atomic mass is 16.4. The number of carboxylic acids is 1. The number of benzene rings is 3. The number of carbonyl (C=O) groups is 1. The van der Waals surface area contributed by atoms with Crippen molar-refractivity contribution in [3.05, 3.63) is 96.1 Å². The minimum Gasteiger partial charge on any atom is -0.480 e. The highest BCUT2D eigenvalue weighted by Gasteiger charge is 2.30. The molecule has 3 aromatic carbocycles. The van der Waals surface area contributed by atoms with Gasteiger partial charge in [0.2, 0.25) is 0 Å². The van der Waals surface area contributed by atoms with E-state index >= 15 is 0 Å². The summed E-state index contributed by atoms with van der Waals surface area (Å²) in [5.74, 6) is -0.758.